The lowest BCUT2D eigenvalue weighted by Gasteiger charge is -2.05. The van der Waals surface area contributed by atoms with Crippen molar-refractivity contribution in [3.8, 4) is 5.75 Å². The molecule has 0 aromatic heterocycles. The number of nitrogens with one attached hydrogen (secondary N) is 1. The highest BCUT2D eigenvalue weighted by Crippen LogP contribution is 2.23. The quantitative estimate of drug-likeness (QED) is 0.813. The third-order valence-electron chi connectivity index (χ3n) is 3.08. The summed E-state index contributed by atoms with van der Waals surface area (Å²) in [7, 11) is 1.63. The Morgan fingerprint density at radius 3 is 2.70 bits per heavy atom. The van der Waals surface area contributed by atoms with Gasteiger partial charge in [-0.15, -0.1) is 0 Å². The second-order valence-electron chi connectivity index (χ2n) is 4.73. The largest absolute Gasteiger partial charge is 0.497 e. The molecule has 2 rings (SSSR count). The summed E-state index contributed by atoms with van der Waals surface area (Å²) in [6, 6.07) is 15.3. The molecule has 0 radical (unpaired) electrons. The standard InChI is InChI=1S/C18H18BrNO3/c1-22-16-10-9-15(17(19)12-16)8-5-11-20-18(21)23-13-14-6-3-2-4-7-14/h2-10,12H,11,13H2,1H3,(H,20,21). The fourth-order valence-electron chi connectivity index (χ4n) is 1.87. The molecule has 0 fully saturated rings. The van der Waals surface area contributed by atoms with Crippen LogP contribution in [0.3, 0.4) is 0 Å². The molecule has 0 aliphatic carbocycles. The van der Waals surface area contributed by atoms with Crippen molar-refractivity contribution in [2.45, 2.75) is 6.61 Å². The summed E-state index contributed by atoms with van der Waals surface area (Å²) in [6.07, 6.45) is 3.34. The summed E-state index contributed by atoms with van der Waals surface area (Å²) in [4.78, 5) is 11.6. The molecule has 4 nitrogen and oxygen atoms in total. The van der Waals surface area contributed by atoms with E-state index in [2.05, 4.69) is 21.2 Å². The predicted molar refractivity (Wildman–Crippen MR) is 94.4 cm³/mol. The molecule has 23 heavy (non-hydrogen) atoms. The molecule has 0 unspecified atom stereocenters. The average Bonchev–Trinajstić information content (AvgIpc) is 2.58. The van der Waals surface area contributed by atoms with Crippen LogP contribution in [-0.4, -0.2) is 19.7 Å². The lowest BCUT2D eigenvalue weighted by atomic mass is 10.2. The van der Waals surface area contributed by atoms with Crippen LogP contribution in [0.2, 0.25) is 0 Å². The number of benzene rings is 2. The van der Waals surface area contributed by atoms with E-state index < -0.39 is 6.09 Å². The number of alkyl carbamates (subject to hydrolysis) is 1. The first-order chi connectivity index (χ1) is 11.2. The number of carbonyl (C=O) groups excluding carboxylic acids is 1. The van der Waals surface area contributed by atoms with Gasteiger partial charge in [-0.3, -0.25) is 0 Å². The zero-order chi connectivity index (χ0) is 16.5. The Labute approximate surface area is 144 Å². The second-order valence-corrected chi connectivity index (χ2v) is 5.59. The maximum Gasteiger partial charge on any atom is 0.407 e. The van der Waals surface area contributed by atoms with Crippen molar-refractivity contribution in [2.24, 2.45) is 0 Å². The van der Waals surface area contributed by atoms with Gasteiger partial charge in [-0.1, -0.05) is 64.5 Å². The van der Waals surface area contributed by atoms with Gasteiger partial charge in [-0.2, -0.15) is 0 Å². The first-order valence-corrected chi connectivity index (χ1v) is 7.93. The lowest BCUT2D eigenvalue weighted by molar-refractivity contribution is 0.141. The smallest absolute Gasteiger partial charge is 0.407 e. The number of hydrogen-bond acceptors (Lipinski definition) is 3. The Hall–Kier alpha value is -2.27. The molecular formula is C18H18BrNO3. The van der Waals surface area contributed by atoms with Gasteiger partial charge in [0.15, 0.2) is 0 Å². The Morgan fingerprint density at radius 1 is 1.22 bits per heavy atom. The normalized spacial score (nSPS) is 10.5. The van der Waals surface area contributed by atoms with Crippen LogP contribution in [0.15, 0.2) is 59.1 Å². The van der Waals surface area contributed by atoms with E-state index in [1.54, 1.807) is 7.11 Å². The molecule has 0 aliphatic rings. The van der Waals surface area contributed by atoms with E-state index in [4.69, 9.17) is 9.47 Å². The fourth-order valence-corrected chi connectivity index (χ4v) is 2.36. The highest BCUT2D eigenvalue weighted by molar-refractivity contribution is 9.10. The zero-order valence-corrected chi connectivity index (χ0v) is 14.4. The molecule has 0 spiro atoms. The number of rotatable bonds is 6. The molecule has 2 aromatic rings. The molecule has 5 heteroatoms. The molecule has 120 valence electrons. The highest BCUT2D eigenvalue weighted by Gasteiger charge is 2.01. The minimum absolute atomic E-state index is 0.264. The van der Waals surface area contributed by atoms with E-state index in [-0.39, 0.29) is 6.61 Å². The van der Waals surface area contributed by atoms with Crippen LogP contribution in [0.4, 0.5) is 4.79 Å². The van der Waals surface area contributed by atoms with Gasteiger partial charge in [0.2, 0.25) is 0 Å². The van der Waals surface area contributed by atoms with Crippen LogP contribution in [-0.2, 0) is 11.3 Å². The van der Waals surface area contributed by atoms with E-state index in [0.717, 1.165) is 21.3 Å². The van der Waals surface area contributed by atoms with E-state index in [0.29, 0.717) is 6.54 Å². The number of halogens is 1. The Balaban J connectivity index is 1.74. The summed E-state index contributed by atoms with van der Waals surface area (Å²) < 4.78 is 11.2. The summed E-state index contributed by atoms with van der Waals surface area (Å²) in [6.45, 7) is 0.659. The number of amides is 1. The Kier molecular flexibility index (Phi) is 6.69. The summed E-state index contributed by atoms with van der Waals surface area (Å²) in [5.41, 5.74) is 1.96. The molecule has 1 N–H and O–H groups in total. The molecule has 0 saturated carbocycles. The van der Waals surface area contributed by atoms with Crippen LogP contribution in [0.25, 0.3) is 6.08 Å². The van der Waals surface area contributed by atoms with Crippen molar-refractivity contribution in [3.63, 3.8) is 0 Å². The van der Waals surface area contributed by atoms with Gasteiger partial charge in [0.1, 0.15) is 12.4 Å². The number of methoxy groups -OCH3 is 1. The third-order valence-corrected chi connectivity index (χ3v) is 3.77. The molecule has 0 atom stereocenters. The van der Waals surface area contributed by atoms with Gasteiger partial charge in [-0.05, 0) is 23.3 Å². The summed E-state index contributed by atoms with van der Waals surface area (Å²) >= 11 is 3.48. The zero-order valence-electron chi connectivity index (χ0n) is 12.8. The van der Waals surface area contributed by atoms with E-state index in [1.807, 2.05) is 60.7 Å². The van der Waals surface area contributed by atoms with Gasteiger partial charge in [-0.25, -0.2) is 4.79 Å². The summed E-state index contributed by atoms with van der Waals surface area (Å²) in [5, 5.41) is 2.68. The molecule has 2 aromatic carbocycles. The average molecular weight is 376 g/mol. The molecule has 0 aliphatic heterocycles. The van der Waals surface area contributed by atoms with Crippen LogP contribution >= 0.6 is 15.9 Å². The number of carbonyl (C=O) groups is 1. The van der Waals surface area contributed by atoms with Crippen molar-refractivity contribution in [3.05, 3.63) is 70.2 Å². The van der Waals surface area contributed by atoms with Crippen molar-refractivity contribution in [1.29, 1.82) is 0 Å². The molecule has 1 amide bonds. The van der Waals surface area contributed by atoms with Gasteiger partial charge < -0.3 is 14.8 Å². The van der Waals surface area contributed by atoms with E-state index in [9.17, 15) is 4.79 Å². The first-order valence-electron chi connectivity index (χ1n) is 7.13. The Bertz CT molecular complexity index is 671. The topological polar surface area (TPSA) is 47.6 Å². The maximum absolute atomic E-state index is 11.6. The van der Waals surface area contributed by atoms with Crippen molar-refractivity contribution < 1.29 is 14.3 Å². The fraction of sp³-hybridized carbons (Fsp3) is 0.167. The third kappa shape index (κ3) is 5.79. The minimum Gasteiger partial charge on any atom is -0.497 e. The van der Waals surface area contributed by atoms with Crippen LogP contribution in [0.5, 0.6) is 5.75 Å². The Morgan fingerprint density at radius 2 is 2.00 bits per heavy atom. The second kappa shape index (κ2) is 9.00. The lowest BCUT2D eigenvalue weighted by Crippen LogP contribution is -2.24. The highest BCUT2D eigenvalue weighted by atomic mass is 79.9. The van der Waals surface area contributed by atoms with Crippen LogP contribution in [0, 0.1) is 0 Å². The van der Waals surface area contributed by atoms with E-state index in [1.165, 1.54) is 0 Å². The van der Waals surface area contributed by atoms with Crippen molar-refractivity contribution in [2.75, 3.05) is 13.7 Å². The van der Waals surface area contributed by atoms with Crippen LogP contribution < -0.4 is 10.1 Å². The summed E-state index contributed by atoms with van der Waals surface area (Å²) in [5.74, 6) is 0.789. The predicted octanol–water partition coefficient (Wildman–Crippen LogP) is 4.40. The van der Waals surface area contributed by atoms with Gasteiger partial charge in [0, 0.05) is 11.0 Å². The molecule has 0 saturated heterocycles. The van der Waals surface area contributed by atoms with Crippen molar-refractivity contribution >= 4 is 28.1 Å². The number of ether oxygens (including phenoxy) is 2. The first kappa shape index (κ1) is 17.1. The molecular weight excluding hydrogens is 358 g/mol. The minimum atomic E-state index is -0.438. The molecule has 0 bridgehead atoms. The monoisotopic (exact) mass is 375 g/mol. The van der Waals surface area contributed by atoms with Gasteiger partial charge in [0.05, 0.1) is 7.11 Å². The maximum atomic E-state index is 11.6. The van der Waals surface area contributed by atoms with Crippen molar-refractivity contribution in [1.82, 2.24) is 5.32 Å². The van der Waals surface area contributed by atoms with Gasteiger partial charge >= 0.3 is 6.09 Å². The number of hydrogen-bond donors (Lipinski definition) is 1. The SMILES string of the molecule is COc1ccc(C=CCNC(=O)OCc2ccccc2)c(Br)c1. The molecule has 0 heterocycles. The van der Waals surface area contributed by atoms with Crippen LogP contribution in [0.1, 0.15) is 11.1 Å². The van der Waals surface area contributed by atoms with E-state index >= 15 is 0 Å². The van der Waals surface area contributed by atoms with Gasteiger partial charge in [0.25, 0.3) is 0 Å².